The van der Waals surface area contributed by atoms with Crippen molar-refractivity contribution in [2.24, 2.45) is 0 Å². The molecule has 0 spiro atoms. The molecule has 0 aliphatic heterocycles. The van der Waals surface area contributed by atoms with Crippen LogP contribution >= 0.6 is 0 Å². The monoisotopic (exact) mass is 327 g/mol. The molecule has 0 unspecified atom stereocenters. The van der Waals surface area contributed by atoms with E-state index >= 15 is 0 Å². The van der Waals surface area contributed by atoms with Crippen molar-refractivity contribution < 1.29 is 9.90 Å². The first-order valence-electron chi connectivity index (χ1n) is 8.67. The number of hydrogen-bond acceptors (Lipinski definition) is 3. The smallest absolute Gasteiger partial charge is 0.223 e. The van der Waals surface area contributed by atoms with Crippen molar-refractivity contribution in [3.8, 4) is 0 Å². The van der Waals surface area contributed by atoms with Crippen molar-refractivity contribution in [3.63, 3.8) is 0 Å². The van der Waals surface area contributed by atoms with Crippen LogP contribution in [0.15, 0.2) is 42.7 Å². The largest absolute Gasteiger partial charge is 0.389 e. The Bertz CT molecular complexity index is 660. The third kappa shape index (κ3) is 4.68. The van der Waals surface area contributed by atoms with Crippen LogP contribution in [0, 0.1) is 0 Å². The van der Waals surface area contributed by atoms with Gasteiger partial charge in [-0.25, -0.2) is 0 Å². The van der Waals surface area contributed by atoms with E-state index in [1.807, 2.05) is 29.1 Å². The molecule has 5 nitrogen and oxygen atoms in total. The zero-order valence-electron chi connectivity index (χ0n) is 13.9. The van der Waals surface area contributed by atoms with E-state index in [0.29, 0.717) is 13.1 Å². The van der Waals surface area contributed by atoms with Crippen LogP contribution in [0.1, 0.15) is 49.7 Å². The molecule has 2 aromatic rings. The van der Waals surface area contributed by atoms with Crippen molar-refractivity contribution >= 4 is 5.91 Å². The van der Waals surface area contributed by atoms with Crippen molar-refractivity contribution in [1.82, 2.24) is 15.1 Å². The fourth-order valence-electron chi connectivity index (χ4n) is 3.30. The second kappa shape index (κ2) is 7.62. The number of nitrogens with one attached hydrogen (secondary N) is 1. The Balaban J connectivity index is 1.47. The van der Waals surface area contributed by atoms with E-state index in [9.17, 15) is 9.90 Å². The summed E-state index contributed by atoms with van der Waals surface area (Å²) in [5.41, 5.74) is 1.35. The van der Waals surface area contributed by atoms with Gasteiger partial charge in [-0.05, 0) is 18.4 Å². The van der Waals surface area contributed by atoms with Crippen LogP contribution in [0.4, 0.5) is 0 Å². The number of rotatable bonds is 6. The number of amides is 1. The van der Waals surface area contributed by atoms with Crippen molar-refractivity contribution in [2.45, 2.75) is 57.2 Å². The molecule has 1 aliphatic rings. The Hall–Kier alpha value is -2.14. The highest BCUT2D eigenvalue weighted by atomic mass is 16.3. The molecule has 0 saturated heterocycles. The standard InChI is InChI=1S/C19H25N3O2/c23-18(11-19(24)9-5-2-6-10-19)20-12-17-13-21-22(15-17)14-16-7-3-1-4-8-16/h1,3-4,7-8,13,15,24H,2,5-6,9-12,14H2,(H,20,23). The summed E-state index contributed by atoms with van der Waals surface area (Å²) in [6, 6.07) is 10.1. The maximum atomic E-state index is 12.1. The zero-order chi connectivity index (χ0) is 16.8. The molecule has 5 heteroatoms. The minimum Gasteiger partial charge on any atom is -0.389 e. The van der Waals surface area contributed by atoms with Crippen molar-refractivity contribution in [3.05, 3.63) is 53.9 Å². The van der Waals surface area contributed by atoms with Gasteiger partial charge in [-0.15, -0.1) is 0 Å². The van der Waals surface area contributed by atoms with Crippen LogP contribution in [-0.4, -0.2) is 26.4 Å². The van der Waals surface area contributed by atoms with E-state index in [0.717, 1.165) is 37.7 Å². The highest BCUT2D eigenvalue weighted by Gasteiger charge is 2.31. The first-order valence-corrected chi connectivity index (χ1v) is 8.67. The van der Waals surface area contributed by atoms with Gasteiger partial charge in [0.25, 0.3) is 0 Å². The van der Waals surface area contributed by atoms with Gasteiger partial charge >= 0.3 is 0 Å². The second-order valence-corrected chi connectivity index (χ2v) is 6.77. The van der Waals surface area contributed by atoms with E-state index in [1.165, 1.54) is 5.56 Å². The van der Waals surface area contributed by atoms with Crippen molar-refractivity contribution in [2.75, 3.05) is 0 Å². The van der Waals surface area contributed by atoms with E-state index in [-0.39, 0.29) is 12.3 Å². The van der Waals surface area contributed by atoms with Gasteiger partial charge in [-0.2, -0.15) is 5.10 Å². The van der Waals surface area contributed by atoms with E-state index < -0.39 is 5.60 Å². The number of carbonyl (C=O) groups excluding carboxylic acids is 1. The Morgan fingerprint density at radius 3 is 2.67 bits per heavy atom. The van der Waals surface area contributed by atoms with Gasteiger partial charge in [0, 0.05) is 18.3 Å². The molecule has 1 aliphatic carbocycles. The zero-order valence-corrected chi connectivity index (χ0v) is 13.9. The maximum absolute atomic E-state index is 12.1. The number of hydrogen-bond donors (Lipinski definition) is 2. The summed E-state index contributed by atoms with van der Waals surface area (Å²) >= 11 is 0. The molecule has 1 aromatic heterocycles. The van der Waals surface area contributed by atoms with Gasteiger partial charge in [-0.3, -0.25) is 9.48 Å². The Morgan fingerprint density at radius 2 is 1.92 bits per heavy atom. The summed E-state index contributed by atoms with van der Waals surface area (Å²) in [6.45, 7) is 1.16. The van der Waals surface area contributed by atoms with Crippen LogP contribution in [-0.2, 0) is 17.9 Å². The van der Waals surface area contributed by atoms with Crippen LogP contribution < -0.4 is 5.32 Å². The predicted molar refractivity (Wildman–Crippen MR) is 92.3 cm³/mol. The summed E-state index contributed by atoms with van der Waals surface area (Å²) in [4.78, 5) is 12.1. The van der Waals surface area contributed by atoms with Crippen LogP contribution in [0.3, 0.4) is 0 Å². The fourth-order valence-corrected chi connectivity index (χ4v) is 3.30. The van der Waals surface area contributed by atoms with Gasteiger partial charge in [-0.1, -0.05) is 49.6 Å². The first-order chi connectivity index (χ1) is 11.6. The normalized spacial score (nSPS) is 16.7. The molecule has 24 heavy (non-hydrogen) atoms. The molecule has 1 fully saturated rings. The molecular weight excluding hydrogens is 302 g/mol. The highest BCUT2D eigenvalue weighted by Crippen LogP contribution is 2.30. The third-order valence-electron chi connectivity index (χ3n) is 4.64. The molecule has 0 radical (unpaired) electrons. The lowest BCUT2D eigenvalue weighted by atomic mass is 9.82. The topological polar surface area (TPSA) is 67.2 Å². The number of nitrogens with zero attached hydrogens (tertiary/aromatic N) is 2. The van der Waals surface area contributed by atoms with Gasteiger partial charge in [0.2, 0.25) is 5.91 Å². The summed E-state index contributed by atoms with van der Waals surface area (Å²) in [7, 11) is 0. The molecule has 0 atom stereocenters. The van der Waals surface area contributed by atoms with E-state index in [2.05, 4.69) is 22.5 Å². The van der Waals surface area contributed by atoms with Gasteiger partial charge in [0.05, 0.1) is 24.8 Å². The minimum absolute atomic E-state index is 0.0878. The van der Waals surface area contributed by atoms with E-state index in [4.69, 9.17) is 0 Å². The lowest BCUT2D eigenvalue weighted by molar-refractivity contribution is -0.127. The molecule has 1 amide bonds. The quantitative estimate of drug-likeness (QED) is 0.857. The van der Waals surface area contributed by atoms with Crippen LogP contribution in [0.25, 0.3) is 0 Å². The van der Waals surface area contributed by atoms with E-state index in [1.54, 1.807) is 6.20 Å². The number of aliphatic hydroxyl groups is 1. The molecular formula is C19H25N3O2. The number of carbonyl (C=O) groups is 1. The molecule has 1 saturated carbocycles. The number of benzene rings is 1. The average molecular weight is 327 g/mol. The summed E-state index contributed by atoms with van der Waals surface area (Å²) in [5, 5.41) is 17.7. The summed E-state index contributed by atoms with van der Waals surface area (Å²) in [6.07, 6.45) is 8.56. The van der Waals surface area contributed by atoms with Gasteiger partial charge in [0.15, 0.2) is 0 Å². The predicted octanol–water partition coefficient (Wildman–Crippen LogP) is 2.63. The van der Waals surface area contributed by atoms with Crippen LogP contribution in [0.5, 0.6) is 0 Å². The molecule has 2 N–H and O–H groups in total. The first kappa shape index (κ1) is 16.7. The van der Waals surface area contributed by atoms with Crippen LogP contribution in [0.2, 0.25) is 0 Å². The lowest BCUT2D eigenvalue weighted by Crippen LogP contribution is -2.38. The average Bonchev–Trinajstić information content (AvgIpc) is 3.02. The minimum atomic E-state index is -0.806. The fraction of sp³-hybridized carbons (Fsp3) is 0.474. The molecule has 1 aromatic carbocycles. The summed E-state index contributed by atoms with van der Waals surface area (Å²) < 4.78 is 1.87. The maximum Gasteiger partial charge on any atom is 0.223 e. The molecule has 3 rings (SSSR count). The van der Waals surface area contributed by atoms with Gasteiger partial charge in [0.1, 0.15) is 0 Å². The SMILES string of the molecule is O=C(CC1(O)CCCCC1)NCc1cnn(Cc2ccccc2)c1. The Labute approximate surface area is 142 Å². The lowest BCUT2D eigenvalue weighted by Gasteiger charge is -2.31. The Morgan fingerprint density at radius 1 is 1.17 bits per heavy atom. The highest BCUT2D eigenvalue weighted by molar-refractivity contribution is 5.77. The molecule has 128 valence electrons. The molecule has 1 heterocycles. The second-order valence-electron chi connectivity index (χ2n) is 6.77. The van der Waals surface area contributed by atoms with Crippen molar-refractivity contribution in [1.29, 1.82) is 0 Å². The Kier molecular flexibility index (Phi) is 5.30. The van der Waals surface area contributed by atoms with Gasteiger partial charge < -0.3 is 10.4 Å². The molecule has 0 bridgehead atoms. The third-order valence-corrected chi connectivity index (χ3v) is 4.64. The number of aromatic nitrogens is 2. The summed E-state index contributed by atoms with van der Waals surface area (Å²) in [5.74, 6) is -0.0878.